The van der Waals surface area contributed by atoms with Gasteiger partial charge in [-0.3, -0.25) is 4.79 Å². The first-order valence-corrected chi connectivity index (χ1v) is 11.0. The van der Waals surface area contributed by atoms with Crippen molar-refractivity contribution in [3.8, 4) is 17.2 Å². The second kappa shape index (κ2) is 11.3. The van der Waals surface area contributed by atoms with Crippen LogP contribution >= 0.6 is 0 Å². The number of amides is 1. The molecule has 36 heavy (non-hydrogen) atoms. The summed E-state index contributed by atoms with van der Waals surface area (Å²) < 4.78 is 47.3. The zero-order valence-electron chi connectivity index (χ0n) is 19.0. The predicted octanol–water partition coefficient (Wildman–Crippen LogP) is 6.68. The van der Waals surface area contributed by atoms with Gasteiger partial charge in [-0.15, -0.1) is 0 Å². The van der Waals surface area contributed by atoms with Crippen molar-refractivity contribution in [2.24, 2.45) is 0 Å². The number of nitrogens with zero attached hydrogens (tertiary/aromatic N) is 1. The second-order valence-electron chi connectivity index (χ2n) is 7.69. The first kappa shape index (κ1) is 24.6. The number of halogens is 3. The lowest BCUT2D eigenvalue weighted by Crippen LogP contribution is -2.19. The fourth-order valence-corrected chi connectivity index (χ4v) is 3.21. The SMILES string of the molecule is O=C(Nc1ccc(Oc2ccccc2)cc1)c1cccnc1NCc1ccc(OCC(F)(F)F)cc1. The molecule has 0 unspecified atom stereocenters. The summed E-state index contributed by atoms with van der Waals surface area (Å²) in [7, 11) is 0. The summed E-state index contributed by atoms with van der Waals surface area (Å²) in [5, 5.41) is 5.93. The van der Waals surface area contributed by atoms with E-state index in [1.807, 2.05) is 30.3 Å². The maximum atomic E-state index is 12.9. The van der Waals surface area contributed by atoms with Gasteiger partial charge in [0.1, 0.15) is 23.1 Å². The molecular formula is C27H22F3N3O3. The average Bonchev–Trinajstić information content (AvgIpc) is 2.88. The normalized spacial score (nSPS) is 11.0. The van der Waals surface area contributed by atoms with Gasteiger partial charge in [0.2, 0.25) is 0 Å². The van der Waals surface area contributed by atoms with Crippen molar-refractivity contribution in [1.82, 2.24) is 4.98 Å². The van der Waals surface area contributed by atoms with Gasteiger partial charge in [0.15, 0.2) is 6.61 Å². The third-order valence-electron chi connectivity index (χ3n) is 4.93. The van der Waals surface area contributed by atoms with Crippen molar-refractivity contribution in [3.05, 3.63) is 108 Å². The molecule has 0 aliphatic heterocycles. The summed E-state index contributed by atoms with van der Waals surface area (Å²) in [6.45, 7) is -1.04. The number of hydrogen-bond acceptors (Lipinski definition) is 5. The van der Waals surface area contributed by atoms with Crippen LogP contribution in [0.5, 0.6) is 17.2 Å². The van der Waals surface area contributed by atoms with Gasteiger partial charge < -0.3 is 20.1 Å². The number of carbonyl (C=O) groups excluding carboxylic acids is 1. The lowest BCUT2D eigenvalue weighted by Gasteiger charge is -2.13. The molecule has 0 aliphatic carbocycles. The van der Waals surface area contributed by atoms with Crippen LogP contribution < -0.4 is 20.1 Å². The highest BCUT2D eigenvalue weighted by Gasteiger charge is 2.28. The molecule has 9 heteroatoms. The summed E-state index contributed by atoms with van der Waals surface area (Å²) in [6.07, 6.45) is -2.84. The first-order valence-electron chi connectivity index (χ1n) is 11.0. The Morgan fingerprint density at radius 1 is 0.806 bits per heavy atom. The van der Waals surface area contributed by atoms with E-state index in [1.54, 1.807) is 54.7 Å². The van der Waals surface area contributed by atoms with Crippen LogP contribution in [0.15, 0.2) is 97.2 Å². The fourth-order valence-electron chi connectivity index (χ4n) is 3.21. The quantitative estimate of drug-likeness (QED) is 0.272. The van der Waals surface area contributed by atoms with Gasteiger partial charge in [-0.2, -0.15) is 13.2 Å². The van der Waals surface area contributed by atoms with Gasteiger partial charge in [-0.1, -0.05) is 30.3 Å². The van der Waals surface area contributed by atoms with Gasteiger partial charge in [-0.25, -0.2) is 4.98 Å². The summed E-state index contributed by atoms with van der Waals surface area (Å²) >= 11 is 0. The lowest BCUT2D eigenvalue weighted by molar-refractivity contribution is -0.153. The minimum Gasteiger partial charge on any atom is -0.484 e. The number of benzene rings is 3. The molecule has 184 valence electrons. The molecule has 0 saturated heterocycles. The minimum absolute atomic E-state index is 0.120. The second-order valence-corrected chi connectivity index (χ2v) is 7.69. The topological polar surface area (TPSA) is 72.5 Å². The van der Waals surface area contributed by atoms with Crippen LogP contribution in [0.2, 0.25) is 0 Å². The van der Waals surface area contributed by atoms with Gasteiger partial charge in [0.05, 0.1) is 5.56 Å². The number of para-hydroxylation sites is 1. The number of hydrogen-bond donors (Lipinski definition) is 2. The third kappa shape index (κ3) is 7.23. The van der Waals surface area contributed by atoms with Crippen molar-refractivity contribution in [2.45, 2.75) is 12.7 Å². The summed E-state index contributed by atoms with van der Waals surface area (Å²) in [5.41, 5.74) is 1.71. The first-order chi connectivity index (χ1) is 17.4. The highest BCUT2D eigenvalue weighted by atomic mass is 19.4. The smallest absolute Gasteiger partial charge is 0.422 e. The average molecular weight is 493 g/mol. The van der Waals surface area contributed by atoms with E-state index in [-0.39, 0.29) is 11.7 Å². The van der Waals surface area contributed by atoms with Gasteiger partial charge in [0, 0.05) is 18.4 Å². The molecule has 0 fully saturated rings. The van der Waals surface area contributed by atoms with Crippen LogP contribution in [0.3, 0.4) is 0 Å². The van der Waals surface area contributed by atoms with Gasteiger partial charge in [0.25, 0.3) is 5.91 Å². The maximum absolute atomic E-state index is 12.9. The number of rotatable bonds is 9. The molecule has 0 saturated carbocycles. The Labute approximate surface area is 205 Å². The van der Waals surface area contributed by atoms with Crippen LogP contribution in [-0.4, -0.2) is 23.7 Å². The molecule has 3 aromatic carbocycles. The Morgan fingerprint density at radius 3 is 2.17 bits per heavy atom. The van der Waals surface area contributed by atoms with E-state index < -0.39 is 12.8 Å². The van der Waals surface area contributed by atoms with Crippen LogP contribution in [0, 0.1) is 0 Å². The molecule has 4 aromatic rings. The largest absolute Gasteiger partial charge is 0.484 e. The zero-order valence-corrected chi connectivity index (χ0v) is 19.0. The summed E-state index contributed by atoms with van der Waals surface area (Å²) in [5.74, 6) is 1.49. The van der Waals surface area contributed by atoms with Crippen molar-refractivity contribution in [2.75, 3.05) is 17.2 Å². The summed E-state index contributed by atoms with van der Waals surface area (Å²) in [6, 6.07) is 25.9. The Balaban J connectivity index is 1.35. The zero-order chi connectivity index (χ0) is 25.4. The molecule has 6 nitrogen and oxygen atoms in total. The van der Waals surface area contributed by atoms with Crippen molar-refractivity contribution in [3.63, 3.8) is 0 Å². The van der Waals surface area contributed by atoms with Crippen molar-refractivity contribution >= 4 is 17.4 Å². The Kier molecular flexibility index (Phi) is 7.69. The molecule has 0 radical (unpaired) electrons. The molecule has 0 atom stereocenters. The van der Waals surface area contributed by atoms with E-state index >= 15 is 0 Å². The fraction of sp³-hybridized carbons (Fsp3) is 0.111. The van der Waals surface area contributed by atoms with E-state index in [9.17, 15) is 18.0 Å². The highest BCUT2D eigenvalue weighted by Crippen LogP contribution is 2.24. The van der Waals surface area contributed by atoms with Gasteiger partial charge in [-0.05, 0) is 66.2 Å². The van der Waals surface area contributed by atoms with E-state index in [1.165, 1.54) is 12.1 Å². The Hall–Kier alpha value is -4.53. The monoisotopic (exact) mass is 493 g/mol. The van der Waals surface area contributed by atoms with Crippen molar-refractivity contribution in [1.29, 1.82) is 0 Å². The van der Waals surface area contributed by atoms with E-state index in [0.717, 1.165) is 5.56 Å². The van der Waals surface area contributed by atoms with Crippen LogP contribution in [0.1, 0.15) is 15.9 Å². The molecule has 2 N–H and O–H groups in total. The van der Waals surface area contributed by atoms with Crippen LogP contribution in [0.25, 0.3) is 0 Å². The predicted molar refractivity (Wildman–Crippen MR) is 130 cm³/mol. The summed E-state index contributed by atoms with van der Waals surface area (Å²) in [4.78, 5) is 17.1. The number of alkyl halides is 3. The third-order valence-corrected chi connectivity index (χ3v) is 4.93. The van der Waals surface area contributed by atoms with E-state index in [4.69, 9.17) is 9.47 Å². The maximum Gasteiger partial charge on any atom is 0.422 e. The number of carbonyl (C=O) groups is 1. The number of nitrogens with one attached hydrogen (secondary N) is 2. The van der Waals surface area contributed by atoms with E-state index in [2.05, 4.69) is 15.6 Å². The Morgan fingerprint density at radius 2 is 1.47 bits per heavy atom. The molecule has 1 heterocycles. The lowest BCUT2D eigenvalue weighted by atomic mass is 10.2. The number of anilines is 2. The molecule has 4 rings (SSSR count). The number of pyridine rings is 1. The van der Waals surface area contributed by atoms with Crippen molar-refractivity contribution < 1.29 is 27.4 Å². The molecular weight excluding hydrogens is 471 g/mol. The molecule has 1 aromatic heterocycles. The van der Waals surface area contributed by atoms with Crippen LogP contribution in [0.4, 0.5) is 24.7 Å². The standard InChI is InChI=1S/C27H22F3N3O3/c28-27(29,30)18-35-21-12-8-19(9-13-21)17-32-25-24(7-4-16-31-25)26(34)33-20-10-14-23(15-11-20)36-22-5-2-1-3-6-22/h1-16H,17-18H2,(H,31,32)(H,33,34). The molecule has 1 amide bonds. The van der Waals surface area contributed by atoms with Gasteiger partial charge >= 0.3 is 6.18 Å². The number of aromatic nitrogens is 1. The number of ether oxygens (including phenoxy) is 2. The molecule has 0 spiro atoms. The van der Waals surface area contributed by atoms with E-state index in [0.29, 0.717) is 35.1 Å². The Bertz CT molecular complexity index is 1280. The highest BCUT2D eigenvalue weighted by molar-refractivity contribution is 6.07. The molecule has 0 aliphatic rings. The van der Waals surface area contributed by atoms with Crippen LogP contribution in [-0.2, 0) is 6.54 Å². The molecule has 0 bridgehead atoms. The minimum atomic E-state index is -4.39.